The predicted molar refractivity (Wildman–Crippen MR) is 80.7 cm³/mol. The first-order valence-corrected chi connectivity index (χ1v) is 9.99. The third-order valence-corrected chi connectivity index (χ3v) is 5.55. The third-order valence-electron chi connectivity index (χ3n) is 3.32. The fourth-order valence-electron chi connectivity index (χ4n) is 2.25. The second-order valence-electron chi connectivity index (χ2n) is 5.94. The van der Waals surface area contributed by atoms with Crippen molar-refractivity contribution in [2.75, 3.05) is 0 Å². The van der Waals surface area contributed by atoms with Gasteiger partial charge in [-0.1, -0.05) is 55.2 Å². The lowest BCUT2D eigenvalue weighted by atomic mass is 10.1. The van der Waals surface area contributed by atoms with Gasteiger partial charge in [0.25, 0.3) is 0 Å². The number of pyridine rings is 1. The monoisotopic (exact) mass is 256 g/mol. The average molecular weight is 256 g/mol. The van der Waals surface area contributed by atoms with Crippen molar-refractivity contribution in [2.24, 2.45) is 13.0 Å². The van der Waals surface area contributed by atoms with E-state index in [4.69, 9.17) is 0 Å². The Morgan fingerprint density at radius 3 is 2.44 bits per heavy atom. The fraction of sp³-hybridized carbons (Fsp3) is 0.312. The van der Waals surface area contributed by atoms with E-state index < -0.39 is 8.07 Å². The molecule has 0 spiro atoms. The molecule has 1 heterocycles. The Labute approximate surface area is 111 Å². The molecule has 0 amide bonds. The van der Waals surface area contributed by atoms with Crippen LogP contribution in [-0.4, -0.2) is 8.07 Å². The van der Waals surface area contributed by atoms with Gasteiger partial charge in [-0.2, -0.15) is 0 Å². The standard InChI is InChI=1S/C16H22NSi/c1-17-12-10-14(11-13-17)8-9-15-6-5-7-16(15)18(2,3)4/h5-13,15H,1-4H3/q+1. The van der Waals surface area contributed by atoms with Crippen LogP contribution in [0, 0.1) is 5.92 Å². The van der Waals surface area contributed by atoms with Crippen molar-refractivity contribution in [3.8, 4) is 0 Å². The van der Waals surface area contributed by atoms with E-state index in [-0.39, 0.29) is 0 Å². The maximum absolute atomic E-state index is 2.41. The molecular weight excluding hydrogens is 234 g/mol. The van der Waals surface area contributed by atoms with Crippen molar-refractivity contribution < 1.29 is 4.57 Å². The molecule has 2 rings (SSSR count). The van der Waals surface area contributed by atoms with Crippen LogP contribution in [0.5, 0.6) is 0 Å². The highest BCUT2D eigenvalue weighted by Crippen LogP contribution is 2.29. The number of aryl methyl sites for hydroxylation is 1. The summed E-state index contributed by atoms with van der Waals surface area (Å²) in [5.41, 5.74) is 1.27. The van der Waals surface area contributed by atoms with Gasteiger partial charge >= 0.3 is 0 Å². The molecule has 1 aromatic heterocycles. The number of hydrogen-bond acceptors (Lipinski definition) is 0. The van der Waals surface area contributed by atoms with Crippen molar-refractivity contribution in [3.05, 3.63) is 59.6 Å². The van der Waals surface area contributed by atoms with Gasteiger partial charge in [0.05, 0.1) is 8.07 Å². The van der Waals surface area contributed by atoms with Gasteiger partial charge in [0.15, 0.2) is 12.4 Å². The molecule has 94 valence electrons. The molecule has 1 atom stereocenters. The number of aromatic nitrogens is 1. The van der Waals surface area contributed by atoms with Gasteiger partial charge in [0.1, 0.15) is 7.05 Å². The van der Waals surface area contributed by atoms with Gasteiger partial charge in [0.2, 0.25) is 0 Å². The summed E-state index contributed by atoms with van der Waals surface area (Å²) >= 11 is 0. The molecule has 0 bridgehead atoms. The van der Waals surface area contributed by atoms with Gasteiger partial charge in [0, 0.05) is 18.1 Å². The summed E-state index contributed by atoms with van der Waals surface area (Å²) in [5.74, 6) is 0.505. The molecule has 0 radical (unpaired) electrons. The Hall–Kier alpha value is -1.41. The second kappa shape index (κ2) is 5.07. The third kappa shape index (κ3) is 3.08. The lowest BCUT2D eigenvalue weighted by molar-refractivity contribution is -0.671. The Bertz CT molecular complexity index is 501. The zero-order chi connectivity index (χ0) is 13.2. The largest absolute Gasteiger partial charge is 0.208 e. The van der Waals surface area contributed by atoms with Crippen LogP contribution < -0.4 is 4.57 Å². The van der Waals surface area contributed by atoms with E-state index >= 15 is 0 Å². The number of allylic oxidation sites excluding steroid dienone is 5. The van der Waals surface area contributed by atoms with Crippen LogP contribution in [-0.2, 0) is 7.05 Å². The SMILES string of the molecule is C[n+]1ccc(C=CC2C=CC=C2[Si](C)(C)C)cc1. The summed E-state index contributed by atoms with van der Waals surface area (Å²) in [6.07, 6.45) is 15.5. The zero-order valence-corrected chi connectivity index (χ0v) is 12.7. The second-order valence-corrected chi connectivity index (χ2v) is 11.0. The minimum Gasteiger partial charge on any atom is -0.208 e. The van der Waals surface area contributed by atoms with Gasteiger partial charge in [-0.3, -0.25) is 0 Å². The normalized spacial score (nSPS) is 19.6. The molecule has 1 aromatic rings. The Kier molecular flexibility index (Phi) is 3.67. The average Bonchev–Trinajstić information content (AvgIpc) is 2.76. The Balaban J connectivity index is 2.12. The van der Waals surface area contributed by atoms with Crippen LogP contribution in [0.2, 0.25) is 19.6 Å². The first kappa shape index (κ1) is 13.0. The van der Waals surface area contributed by atoms with E-state index in [1.165, 1.54) is 5.56 Å². The molecule has 0 aliphatic heterocycles. The summed E-state index contributed by atoms with van der Waals surface area (Å²) in [7, 11) is 0.850. The van der Waals surface area contributed by atoms with Crippen molar-refractivity contribution in [3.63, 3.8) is 0 Å². The lowest BCUT2D eigenvalue weighted by Gasteiger charge is -2.22. The summed E-state index contributed by atoms with van der Waals surface area (Å²) in [6, 6.07) is 4.29. The molecule has 1 nitrogen and oxygen atoms in total. The molecule has 0 N–H and O–H groups in total. The van der Waals surface area contributed by atoms with Gasteiger partial charge in [-0.05, 0) is 5.56 Å². The molecule has 0 fully saturated rings. The van der Waals surface area contributed by atoms with E-state index in [2.05, 4.69) is 79.1 Å². The van der Waals surface area contributed by atoms with Crippen LogP contribution in [0.3, 0.4) is 0 Å². The highest BCUT2D eigenvalue weighted by Gasteiger charge is 2.25. The first-order chi connectivity index (χ1) is 8.47. The summed E-state index contributed by atoms with van der Waals surface area (Å²) < 4.78 is 2.06. The number of hydrogen-bond donors (Lipinski definition) is 0. The summed E-state index contributed by atoms with van der Waals surface area (Å²) in [6.45, 7) is 7.24. The van der Waals surface area contributed by atoms with E-state index in [9.17, 15) is 0 Å². The summed E-state index contributed by atoms with van der Waals surface area (Å²) in [4.78, 5) is 0. The molecule has 0 saturated carbocycles. The van der Waals surface area contributed by atoms with Crippen LogP contribution in [0.25, 0.3) is 6.08 Å². The topological polar surface area (TPSA) is 3.88 Å². The molecule has 0 aromatic carbocycles. The van der Waals surface area contributed by atoms with Gasteiger partial charge < -0.3 is 0 Å². The molecule has 1 aliphatic carbocycles. The highest BCUT2D eigenvalue weighted by atomic mass is 28.3. The number of nitrogens with zero attached hydrogens (tertiary/aromatic N) is 1. The predicted octanol–water partition coefficient (Wildman–Crippen LogP) is 3.51. The van der Waals surface area contributed by atoms with E-state index in [1.54, 1.807) is 5.20 Å². The first-order valence-electron chi connectivity index (χ1n) is 6.49. The van der Waals surface area contributed by atoms with Gasteiger partial charge in [-0.15, -0.1) is 0 Å². The summed E-state index contributed by atoms with van der Waals surface area (Å²) in [5, 5.41) is 1.63. The Morgan fingerprint density at radius 2 is 1.83 bits per heavy atom. The van der Waals surface area contributed by atoms with E-state index in [0.29, 0.717) is 5.92 Å². The van der Waals surface area contributed by atoms with Crippen LogP contribution >= 0.6 is 0 Å². The fourth-order valence-corrected chi connectivity index (χ4v) is 4.04. The van der Waals surface area contributed by atoms with Gasteiger partial charge in [-0.25, -0.2) is 4.57 Å². The molecule has 1 aliphatic rings. The molecule has 2 heteroatoms. The molecular formula is C16H22NSi+. The quantitative estimate of drug-likeness (QED) is 0.575. The van der Waals surface area contributed by atoms with Crippen molar-refractivity contribution in [1.82, 2.24) is 0 Å². The molecule has 1 unspecified atom stereocenters. The van der Waals surface area contributed by atoms with Crippen LogP contribution in [0.1, 0.15) is 5.56 Å². The molecule has 0 saturated heterocycles. The van der Waals surface area contributed by atoms with Crippen LogP contribution in [0.4, 0.5) is 0 Å². The van der Waals surface area contributed by atoms with Crippen molar-refractivity contribution >= 4 is 14.1 Å². The minimum absolute atomic E-state index is 0.505. The number of rotatable bonds is 3. The van der Waals surface area contributed by atoms with E-state index in [0.717, 1.165) is 0 Å². The lowest BCUT2D eigenvalue weighted by Crippen LogP contribution is -2.26. The van der Waals surface area contributed by atoms with Crippen LogP contribution in [0.15, 0.2) is 54.0 Å². The van der Waals surface area contributed by atoms with Crippen molar-refractivity contribution in [1.29, 1.82) is 0 Å². The zero-order valence-electron chi connectivity index (χ0n) is 11.7. The maximum atomic E-state index is 2.41. The van der Waals surface area contributed by atoms with Crippen molar-refractivity contribution in [2.45, 2.75) is 19.6 Å². The van der Waals surface area contributed by atoms with E-state index in [1.807, 2.05) is 7.05 Å². The molecule has 18 heavy (non-hydrogen) atoms. The minimum atomic E-state index is -1.19. The Morgan fingerprint density at radius 1 is 1.17 bits per heavy atom. The maximum Gasteiger partial charge on any atom is 0.169 e. The smallest absolute Gasteiger partial charge is 0.169 e. The highest BCUT2D eigenvalue weighted by molar-refractivity contribution is 6.83.